The Morgan fingerprint density at radius 2 is 1.84 bits per heavy atom. The van der Waals surface area contributed by atoms with E-state index in [1.807, 2.05) is 47.4 Å². The molecule has 0 aliphatic carbocycles. The van der Waals surface area contributed by atoms with Gasteiger partial charge >= 0.3 is 5.97 Å². The highest BCUT2D eigenvalue weighted by Gasteiger charge is 2.29. The number of benzene rings is 3. The van der Waals surface area contributed by atoms with Crippen LogP contribution in [-0.4, -0.2) is 48.7 Å². The van der Waals surface area contributed by atoms with E-state index in [4.69, 9.17) is 9.72 Å². The molecule has 37 heavy (non-hydrogen) atoms. The van der Waals surface area contributed by atoms with Gasteiger partial charge in [-0.2, -0.15) is 0 Å². The normalized spacial score (nSPS) is 15.2. The van der Waals surface area contributed by atoms with E-state index in [1.54, 1.807) is 6.07 Å². The molecule has 3 aromatic carbocycles. The van der Waals surface area contributed by atoms with E-state index in [0.29, 0.717) is 18.1 Å². The molecule has 3 heterocycles. The van der Waals surface area contributed by atoms with Gasteiger partial charge in [-0.25, -0.2) is 9.78 Å². The molecule has 0 radical (unpaired) electrons. The number of fused-ring (bicyclic) bond motifs is 2. The Kier molecular flexibility index (Phi) is 6.00. The maximum atomic E-state index is 13.3. The van der Waals surface area contributed by atoms with Gasteiger partial charge in [0.15, 0.2) is 6.61 Å². The second kappa shape index (κ2) is 9.61. The molecule has 0 unspecified atom stereocenters. The summed E-state index contributed by atoms with van der Waals surface area (Å²) in [7, 11) is 1.33. The van der Waals surface area contributed by atoms with Crippen molar-refractivity contribution in [3.63, 3.8) is 0 Å². The van der Waals surface area contributed by atoms with Crippen LogP contribution >= 0.6 is 0 Å². The van der Waals surface area contributed by atoms with E-state index in [-0.39, 0.29) is 12.5 Å². The van der Waals surface area contributed by atoms with Crippen molar-refractivity contribution in [3.05, 3.63) is 71.8 Å². The zero-order valence-electron chi connectivity index (χ0n) is 20.7. The van der Waals surface area contributed by atoms with Gasteiger partial charge in [0.05, 0.1) is 24.7 Å². The molecule has 188 valence electrons. The van der Waals surface area contributed by atoms with Gasteiger partial charge in [-0.3, -0.25) is 4.79 Å². The molecule has 1 amide bonds. The molecule has 0 spiro atoms. The number of nitrogens with zero attached hydrogens (tertiary/aromatic N) is 3. The van der Waals surface area contributed by atoms with Crippen LogP contribution in [0.25, 0.3) is 22.4 Å². The number of imidazole rings is 1. The fraction of sp³-hybridized carbons (Fsp3) is 0.276. The monoisotopic (exact) mass is 496 g/mol. The van der Waals surface area contributed by atoms with Gasteiger partial charge in [0.2, 0.25) is 0 Å². The van der Waals surface area contributed by atoms with Crippen molar-refractivity contribution < 1.29 is 19.1 Å². The van der Waals surface area contributed by atoms with Crippen molar-refractivity contribution in [2.45, 2.75) is 25.8 Å². The van der Waals surface area contributed by atoms with Crippen molar-refractivity contribution in [1.82, 2.24) is 9.97 Å². The van der Waals surface area contributed by atoms with Crippen molar-refractivity contribution in [2.24, 2.45) is 0 Å². The Bertz CT molecular complexity index is 1490. The Hall–Kier alpha value is -4.33. The first kappa shape index (κ1) is 23.1. The molecule has 1 aromatic heterocycles. The number of carbonyl (C=O) groups excluding carboxylic acids is 2. The Balaban J connectivity index is 1.23. The number of hydrogen-bond acceptors (Lipinski definition) is 6. The zero-order valence-corrected chi connectivity index (χ0v) is 20.7. The summed E-state index contributed by atoms with van der Waals surface area (Å²) in [5, 5.41) is 0. The lowest BCUT2D eigenvalue weighted by Crippen LogP contribution is -2.29. The number of hydrogen-bond donors (Lipinski definition) is 1. The van der Waals surface area contributed by atoms with Gasteiger partial charge in [0, 0.05) is 35.6 Å². The number of nitrogens with one attached hydrogen (secondary N) is 1. The van der Waals surface area contributed by atoms with Crippen LogP contribution in [0.1, 0.15) is 35.2 Å². The molecule has 1 saturated heterocycles. The quantitative estimate of drug-likeness (QED) is 0.381. The van der Waals surface area contributed by atoms with E-state index in [9.17, 15) is 9.59 Å². The molecule has 4 aromatic rings. The van der Waals surface area contributed by atoms with E-state index in [1.165, 1.54) is 32.1 Å². The number of H-pyrrole nitrogens is 1. The molecule has 0 bridgehead atoms. The van der Waals surface area contributed by atoms with Crippen LogP contribution in [0.15, 0.2) is 60.7 Å². The second-order valence-corrected chi connectivity index (χ2v) is 9.46. The highest BCUT2D eigenvalue weighted by atomic mass is 16.6. The van der Waals surface area contributed by atoms with Crippen LogP contribution in [0.3, 0.4) is 0 Å². The summed E-state index contributed by atoms with van der Waals surface area (Å²) in [5.74, 6) is 0.809. The number of esters is 1. The number of methoxy groups -OCH3 is 1. The lowest BCUT2D eigenvalue weighted by Gasteiger charge is -2.29. The van der Waals surface area contributed by atoms with Crippen molar-refractivity contribution >= 4 is 34.3 Å². The average Bonchev–Trinajstić information content (AvgIpc) is 3.52. The van der Waals surface area contributed by atoms with Crippen LogP contribution in [0.4, 0.5) is 11.4 Å². The number of anilines is 2. The van der Waals surface area contributed by atoms with Gasteiger partial charge in [0.1, 0.15) is 11.6 Å². The lowest BCUT2D eigenvalue weighted by molar-refractivity contribution is -0.142. The van der Waals surface area contributed by atoms with Crippen molar-refractivity contribution in [3.8, 4) is 17.1 Å². The third kappa shape index (κ3) is 4.50. The minimum Gasteiger partial charge on any atom is -0.482 e. The molecule has 1 N–H and O–H groups in total. The van der Waals surface area contributed by atoms with Crippen LogP contribution in [0.2, 0.25) is 0 Å². The molecular formula is C29H28N4O4. The maximum Gasteiger partial charge on any atom is 0.343 e. The first-order valence-electron chi connectivity index (χ1n) is 12.6. The molecule has 0 atom stereocenters. The minimum absolute atomic E-state index is 0.0229. The van der Waals surface area contributed by atoms with Gasteiger partial charge < -0.3 is 24.3 Å². The summed E-state index contributed by atoms with van der Waals surface area (Å²) in [4.78, 5) is 37.0. The second-order valence-electron chi connectivity index (χ2n) is 9.46. The van der Waals surface area contributed by atoms with Crippen LogP contribution < -0.4 is 14.5 Å². The zero-order chi connectivity index (χ0) is 25.4. The average molecular weight is 497 g/mol. The summed E-state index contributed by atoms with van der Waals surface area (Å²) < 4.78 is 10.1. The number of ether oxygens (including phenoxy) is 2. The summed E-state index contributed by atoms with van der Waals surface area (Å²) >= 11 is 0. The van der Waals surface area contributed by atoms with E-state index < -0.39 is 5.97 Å². The van der Waals surface area contributed by atoms with Crippen LogP contribution in [0.5, 0.6) is 5.75 Å². The van der Waals surface area contributed by atoms with Gasteiger partial charge in [-0.15, -0.1) is 0 Å². The van der Waals surface area contributed by atoms with E-state index in [2.05, 4.69) is 26.8 Å². The van der Waals surface area contributed by atoms with Crippen LogP contribution in [-0.2, 0) is 16.1 Å². The topological polar surface area (TPSA) is 87.8 Å². The predicted molar refractivity (Wildman–Crippen MR) is 142 cm³/mol. The lowest BCUT2D eigenvalue weighted by atomic mass is 10.1. The number of piperidine rings is 1. The molecule has 0 saturated carbocycles. The fourth-order valence-corrected chi connectivity index (χ4v) is 5.10. The van der Waals surface area contributed by atoms with Gasteiger partial charge in [-0.1, -0.05) is 12.1 Å². The number of carbonyl (C=O) groups is 2. The Morgan fingerprint density at radius 1 is 1.00 bits per heavy atom. The highest BCUT2D eigenvalue weighted by molar-refractivity contribution is 6.10. The molecular weight excluding hydrogens is 468 g/mol. The highest BCUT2D eigenvalue weighted by Crippen LogP contribution is 2.33. The first-order chi connectivity index (χ1) is 18.1. The molecule has 8 heteroatoms. The molecule has 2 aliphatic rings. The summed E-state index contributed by atoms with van der Waals surface area (Å²) in [6.07, 6.45) is 3.73. The molecule has 8 nitrogen and oxygen atoms in total. The first-order valence-corrected chi connectivity index (χ1v) is 12.6. The van der Waals surface area contributed by atoms with Gasteiger partial charge in [0.25, 0.3) is 5.91 Å². The smallest absolute Gasteiger partial charge is 0.343 e. The minimum atomic E-state index is -0.442. The summed E-state index contributed by atoms with van der Waals surface area (Å²) in [6.45, 7) is 2.56. The number of rotatable bonds is 6. The number of aromatic amines is 1. The molecule has 6 rings (SSSR count). The van der Waals surface area contributed by atoms with Crippen LogP contribution in [0, 0.1) is 0 Å². The number of aromatic nitrogens is 2. The van der Waals surface area contributed by atoms with E-state index in [0.717, 1.165) is 46.5 Å². The Morgan fingerprint density at radius 3 is 2.68 bits per heavy atom. The predicted octanol–water partition coefficient (Wildman–Crippen LogP) is 4.93. The summed E-state index contributed by atoms with van der Waals surface area (Å²) in [6, 6.07) is 19.4. The van der Waals surface area contributed by atoms with Gasteiger partial charge in [-0.05, 0) is 73.4 Å². The molecule has 1 fully saturated rings. The SMILES string of the molecule is COC(=O)COc1cccc(-c2nc3ccc(N4Cc5cc(N6CCCCC6)ccc5C4=O)cc3[nH]2)c1. The van der Waals surface area contributed by atoms with E-state index >= 15 is 0 Å². The largest absolute Gasteiger partial charge is 0.482 e. The third-order valence-electron chi connectivity index (χ3n) is 7.08. The van der Waals surface area contributed by atoms with Crippen molar-refractivity contribution in [2.75, 3.05) is 36.6 Å². The number of amides is 1. The third-order valence-corrected chi connectivity index (χ3v) is 7.08. The fourth-order valence-electron chi connectivity index (χ4n) is 5.10. The maximum absolute atomic E-state index is 13.3. The molecule has 2 aliphatic heterocycles. The van der Waals surface area contributed by atoms with Crippen molar-refractivity contribution in [1.29, 1.82) is 0 Å². The Labute approximate surface area is 214 Å². The standard InChI is InChI=1S/C29H28N4O4/c1-36-27(34)18-37-23-7-5-6-19(15-23)28-30-25-11-9-22(16-26(25)31-28)33-17-20-14-21(8-10-24(20)29(33)35)32-12-3-2-4-13-32/h5-11,14-16H,2-4,12-13,17-18H2,1H3,(H,30,31). The summed E-state index contributed by atoms with van der Waals surface area (Å²) in [5.41, 5.74) is 6.35.